The minimum Gasteiger partial charge on any atom is -0.267 e. The van der Waals surface area contributed by atoms with E-state index in [0.29, 0.717) is 26.4 Å². The molecule has 0 atom stereocenters. The number of amides is 1. The zero-order chi connectivity index (χ0) is 19.6. The Balaban J connectivity index is 1.93. The fraction of sp³-hybridized carbons (Fsp3) is 0.158. The van der Waals surface area contributed by atoms with Crippen LogP contribution in [-0.2, 0) is 0 Å². The van der Waals surface area contributed by atoms with Crippen LogP contribution in [0, 0.1) is 0 Å². The molecule has 0 saturated heterocycles. The molecule has 1 heterocycles. The van der Waals surface area contributed by atoms with Crippen molar-refractivity contribution in [3.05, 3.63) is 74.1 Å². The quantitative estimate of drug-likeness (QED) is 0.528. The van der Waals surface area contributed by atoms with Crippen molar-refractivity contribution in [1.29, 1.82) is 0 Å². The van der Waals surface area contributed by atoms with Crippen molar-refractivity contribution in [2.45, 2.75) is 19.9 Å². The van der Waals surface area contributed by atoms with Gasteiger partial charge >= 0.3 is 0 Å². The molecule has 6 nitrogen and oxygen atoms in total. The summed E-state index contributed by atoms with van der Waals surface area (Å²) in [7, 11) is 0. The summed E-state index contributed by atoms with van der Waals surface area (Å²) in [6.45, 7) is 3.65. The average Bonchev–Trinajstić information content (AvgIpc) is 2.64. The van der Waals surface area contributed by atoms with Crippen molar-refractivity contribution >= 4 is 46.1 Å². The van der Waals surface area contributed by atoms with Gasteiger partial charge in [0.15, 0.2) is 5.69 Å². The van der Waals surface area contributed by atoms with Gasteiger partial charge in [-0.3, -0.25) is 9.59 Å². The Labute approximate surface area is 165 Å². The molecular weight excluding hydrogens is 387 g/mol. The molecule has 8 heteroatoms. The second-order valence-electron chi connectivity index (χ2n) is 6.11. The Bertz CT molecular complexity index is 1110. The third-order valence-corrected chi connectivity index (χ3v) is 4.60. The molecular formula is C19H16Cl2N4O2. The normalized spacial score (nSPS) is 11.4. The number of hydrazone groups is 1. The second kappa shape index (κ2) is 7.90. The lowest BCUT2D eigenvalue weighted by Crippen LogP contribution is -2.30. The lowest BCUT2D eigenvalue weighted by molar-refractivity contribution is 0.0949. The highest BCUT2D eigenvalue weighted by Crippen LogP contribution is 2.21. The van der Waals surface area contributed by atoms with E-state index in [1.807, 2.05) is 13.8 Å². The van der Waals surface area contributed by atoms with Gasteiger partial charge in [0.25, 0.3) is 11.5 Å². The average molecular weight is 403 g/mol. The fourth-order valence-corrected chi connectivity index (χ4v) is 2.84. The first-order chi connectivity index (χ1) is 12.9. The summed E-state index contributed by atoms with van der Waals surface area (Å²) in [6.07, 6.45) is 1.45. The number of hydrogen-bond acceptors (Lipinski definition) is 4. The maximum Gasteiger partial charge on any atom is 0.292 e. The third kappa shape index (κ3) is 4.02. The number of carbonyl (C=O) groups excluding carboxylic acids is 1. The minimum atomic E-state index is -0.517. The van der Waals surface area contributed by atoms with E-state index in [2.05, 4.69) is 15.6 Å². The SMILES string of the molecule is CC(C)n1nc(C(=O)N/N=C\c2ccc(Cl)c(Cl)c2)c2ccccc2c1=O. The zero-order valence-electron chi connectivity index (χ0n) is 14.6. The van der Waals surface area contributed by atoms with Crippen LogP contribution in [0.3, 0.4) is 0 Å². The van der Waals surface area contributed by atoms with Crippen molar-refractivity contribution in [3.8, 4) is 0 Å². The molecule has 0 spiro atoms. The number of aromatic nitrogens is 2. The minimum absolute atomic E-state index is 0.130. The van der Waals surface area contributed by atoms with Gasteiger partial charge < -0.3 is 0 Å². The Kier molecular flexibility index (Phi) is 5.58. The summed E-state index contributed by atoms with van der Waals surface area (Å²) in [6, 6.07) is 11.7. The summed E-state index contributed by atoms with van der Waals surface area (Å²) in [5, 5.41) is 9.90. The van der Waals surface area contributed by atoms with Gasteiger partial charge in [0.1, 0.15) is 0 Å². The molecule has 3 rings (SSSR count). The summed E-state index contributed by atoms with van der Waals surface area (Å²) >= 11 is 11.8. The largest absolute Gasteiger partial charge is 0.292 e. The van der Waals surface area contributed by atoms with Gasteiger partial charge in [-0.05, 0) is 37.6 Å². The highest BCUT2D eigenvalue weighted by Gasteiger charge is 2.17. The van der Waals surface area contributed by atoms with Crippen LogP contribution in [0.4, 0.5) is 0 Å². The number of benzene rings is 2. The van der Waals surface area contributed by atoms with Crippen molar-refractivity contribution in [3.63, 3.8) is 0 Å². The molecule has 27 heavy (non-hydrogen) atoms. The van der Waals surface area contributed by atoms with Gasteiger partial charge in [-0.1, -0.05) is 47.5 Å². The van der Waals surface area contributed by atoms with E-state index in [9.17, 15) is 9.59 Å². The van der Waals surface area contributed by atoms with Crippen LogP contribution in [-0.4, -0.2) is 21.9 Å². The Morgan fingerprint density at radius 1 is 1.15 bits per heavy atom. The van der Waals surface area contributed by atoms with Crippen LogP contribution >= 0.6 is 23.2 Å². The molecule has 0 aliphatic heterocycles. The summed E-state index contributed by atoms with van der Waals surface area (Å²) < 4.78 is 1.29. The molecule has 3 aromatic rings. The van der Waals surface area contributed by atoms with Gasteiger partial charge in [0, 0.05) is 5.39 Å². The Morgan fingerprint density at radius 2 is 1.85 bits per heavy atom. The predicted molar refractivity (Wildman–Crippen MR) is 108 cm³/mol. The Morgan fingerprint density at radius 3 is 2.52 bits per heavy atom. The molecule has 2 aromatic carbocycles. The van der Waals surface area contributed by atoms with Gasteiger partial charge in [0.05, 0.1) is 27.7 Å². The number of fused-ring (bicyclic) bond motifs is 1. The Hall–Kier alpha value is -2.70. The van der Waals surface area contributed by atoms with Gasteiger partial charge in [-0.25, -0.2) is 10.1 Å². The van der Waals surface area contributed by atoms with E-state index in [1.54, 1.807) is 42.5 Å². The predicted octanol–water partition coefficient (Wildman–Crippen LogP) is 4.05. The van der Waals surface area contributed by atoms with Crippen molar-refractivity contribution in [2.75, 3.05) is 0 Å². The van der Waals surface area contributed by atoms with Crippen LogP contribution in [0.25, 0.3) is 10.8 Å². The summed E-state index contributed by atoms with van der Waals surface area (Å²) in [5.74, 6) is -0.517. The van der Waals surface area contributed by atoms with Crippen molar-refractivity contribution in [2.24, 2.45) is 5.10 Å². The smallest absolute Gasteiger partial charge is 0.267 e. The first kappa shape index (κ1) is 19.1. The van der Waals surface area contributed by atoms with Gasteiger partial charge in [0.2, 0.25) is 0 Å². The number of carbonyl (C=O) groups is 1. The van der Waals surface area contributed by atoms with Crippen molar-refractivity contribution in [1.82, 2.24) is 15.2 Å². The number of nitrogens with one attached hydrogen (secondary N) is 1. The lowest BCUT2D eigenvalue weighted by atomic mass is 10.1. The molecule has 0 fully saturated rings. The molecule has 0 bridgehead atoms. The molecule has 1 N–H and O–H groups in total. The topological polar surface area (TPSA) is 76.3 Å². The van der Waals surface area contributed by atoms with Crippen LogP contribution in [0.1, 0.15) is 35.9 Å². The molecule has 138 valence electrons. The molecule has 0 aliphatic rings. The third-order valence-electron chi connectivity index (χ3n) is 3.86. The number of hydrogen-bond donors (Lipinski definition) is 1. The highest BCUT2D eigenvalue weighted by atomic mass is 35.5. The monoisotopic (exact) mass is 402 g/mol. The lowest BCUT2D eigenvalue weighted by Gasteiger charge is -2.12. The van der Waals surface area contributed by atoms with E-state index >= 15 is 0 Å². The van der Waals surface area contributed by atoms with Crippen molar-refractivity contribution < 1.29 is 4.79 Å². The van der Waals surface area contributed by atoms with E-state index in [0.717, 1.165) is 0 Å². The number of rotatable bonds is 4. The van der Waals surface area contributed by atoms with Crippen LogP contribution < -0.4 is 11.0 Å². The first-order valence-electron chi connectivity index (χ1n) is 8.18. The second-order valence-corrected chi connectivity index (χ2v) is 6.92. The van der Waals surface area contributed by atoms with Crippen LogP contribution in [0.2, 0.25) is 10.0 Å². The molecule has 0 unspecified atom stereocenters. The molecule has 0 radical (unpaired) electrons. The highest BCUT2D eigenvalue weighted by molar-refractivity contribution is 6.42. The fourth-order valence-electron chi connectivity index (χ4n) is 2.54. The van der Waals surface area contributed by atoms with Crippen LogP contribution in [0.5, 0.6) is 0 Å². The molecule has 1 aromatic heterocycles. The summed E-state index contributed by atoms with van der Waals surface area (Å²) in [4.78, 5) is 25.1. The van der Waals surface area contributed by atoms with E-state index < -0.39 is 5.91 Å². The number of halogens is 2. The maximum absolute atomic E-state index is 12.6. The maximum atomic E-state index is 12.6. The molecule has 1 amide bonds. The zero-order valence-corrected chi connectivity index (χ0v) is 16.1. The van der Waals surface area contributed by atoms with E-state index in [1.165, 1.54) is 10.9 Å². The van der Waals surface area contributed by atoms with Gasteiger partial charge in [-0.2, -0.15) is 10.2 Å². The summed E-state index contributed by atoms with van der Waals surface area (Å²) in [5.41, 5.74) is 3.00. The first-order valence-corrected chi connectivity index (χ1v) is 8.94. The molecule has 0 aliphatic carbocycles. The molecule has 0 saturated carbocycles. The standard InChI is InChI=1S/C19H16Cl2N4O2/c1-11(2)25-19(27)14-6-4-3-5-13(14)17(24-25)18(26)23-22-10-12-7-8-15(20)16(21)9-12/h3-11H,1-2H3,(H,23,26)/b22-10-. The number of nitrogens with zero attached hydrogens (tertiary/aromatic N) is 3. The van der Waals surface area contributed by atoms with Gasteiger partial charge in [-0.15, -0.1) is 0 Å². The van der Waals surface area contributed by atoms with E-state index in [4.69, 9.17) is 23.2 Å². The van der Waals surface area contributed by atoms with E-state index in [-0.39, 0.29) is 17.3 Å². The van der Waals surface area contributed by atoms with Crippen LogP contribution in [0.15, 0.2) is 52.4 Å².